The molecule has 21 heavy (non-hydrogen) atoms. The number of hydrogen-bond acceptors (Lipinski definition) is 4. The van der Waals surface area contributed by atoms with E-state index in [0.717, 1.165) is 16.4 Å². The van der Waals surface area contributed by atoms with Gasteiger partial charge in [0.1, 0.15) is 5.82 Å². The molecule has 7 heteroatoms. The van der Waals surface area contributed by atoms with Crippen molar-refractivity contribution in [2.24, 2.45) is 5.73 Å². The highest BCUT2D eigenvalue weighted by Crippen LogP contribution is 2.20. The zero-order valence-corrected chi connectivity index (χ0v) is 12.8. The van der Waals surface area contributed by atoms with E-state index < -0.39 is 21.9 Å². The van der Waals surface area contributed by atoms with Crippen molar-refractivity contribution < 1.29 is 17.9 Å². The van der Waals surface area contributed by atoms with E-state index in [2.05, 4.69) is 11.8 Å². The first kappa shape index (κ1) is 17.6. The highest BCUT2D eigenvalue weighted by atomic mass is 32.2. The van der Waals surface area contributed by atoms with Crippen LogP contribution in [0.1, 0.15) is 18.9 Å². The number of benzene rings is 1. The first-order chi connectivity index (χ1) is 9.78. The topological polar surface area (TPSA) is 83.6 Å². The van der Waals surface area contributed by atoms with E-state index in [-0.39, 0.29) is 23.5 Å². The van der Waals surface area contributed by atoms with Crippen LogP contribution in [0.3, 0.4) is 0 Å². The van der Waals surface area contributed by atoms with Gasteiger partial charge in [0.15, 0.2) is 0 Å². The Kier molecular flexibility index (Phi) is 6.30. The van der Waals surface area contributed by atoms with Crippen molar-refractivity contribution in [3.05, 3.63) is 29.6 Å². The summed E-state index contributed by atoms with van der Waals surface area (Å²) >= 11 is 0. The van der Waals surface area contributed by atoms with Crippen LogP contribution in [0, 0.1) is 17.7 Å². The van der Waals surface area contributed by atoms with E-state index >= 15 is 0 Å². The maximum atomic E-state index is 13.3. The SMILES string of the molecule is CC(O)CCN(C)S(=O)(=O)c1ccc(F)cc1C#CCN. The van der Waals surface area contributed by atoms with Gasteiger partial charge in [-0.25, -0.2) is 17.1 Å². The standard InChI is InChI=1S/C14H19FN2O3S/c1-11(18)7-9-17(2)21(19,20)14-6-5-13(15)10-12(14)4-3-8-16/h5-6,10-11,18H,7-9,16H2,1-2H3. The van der Waals surface area contributed by atoms with Gasteiger partial charge in [-0.1, -0.05) is 11.8 Å². The molecular formula is C14H19FN2O3S. The molecule has 0 bridgehead atoms. The summed E-state index contributed by atoms with van der Waals surface area (Å²) in [5, 5.41) is 9.24. The third-order valence-corrected chi connectivity index (χ3v) is 4.73. The quantitative estimate of drug-likeness (QED) is 0.777. The van der Waals surface area contributed by atoms with Crippen LogP contribution in [0.15, 0.2) is 23.1 Å². The second-order valence-corrected chi connectivity index (χ2v) is 6.62. The van der Waals surface area contributed by atoms with Gasteiger partial charge in [-0.05, 0) is 31.5 Å². The van der Waals surface area contributed by atoms with Crippen molar-refractivity contribution in [1.82, 2.24) is 4.31 Å². The summed E-state index contributed by atoms with van der Waals surface area (Å²) in [5.41, 5.74) is 5.33. The second-order valence-electron chi connectivity index (χ2n) is 4.61. The maximum Gasteiger partial charge on any atom is 0.244 e. The van der Waals surface area contributed by atoms with Crippen molar-refractivity contribution in [1.29, 1.82) is 0 Å². The summed E-state index contributed by atoms with van der Waals surface area (Å²) in [6.45, 7) is 1.78. The van der Waals surface area contributed by atoms with Crippen molar-refractivity contribution in [3.63, 3.8) is 0 Å². The third kappa shape index (κ3) is 4.79. The Morgan fingerprint density at radius 2 is 2.14 bits per heavy atom. The van der Waals surface area contributed by atoms with E-state index in [4.69, 9.17) is 5.73 Å². The van der Waals surface area contributed by atoms with Crippen LogP contribution in [0.4, 0.5) is 4.39 Å². The number of nitrogens with two attached hydrogens (primary N) is 1. The fraction of sp³-hybridized carbons (Fsp3) is 0.429. The molecule has 0 saturated carbocycles. The van der Waals surface area contributed by atoms with Gasteiger partial charge in [-0.2, -0.15) is 0 Å². The highest BCUT2D eigenvalue weighted by Gasteiger charge is 2.24. The summed E-state index contributed by atoms with van der Waals surface area (Å²) in [6, 6.07) is 3.32. The Balaban J connectivity index is 3.18. The summed E-state index contributed by atoms with van der Waals surface area (Å²) in [7, 11) is -2.40. The van der Waals surface area contributed by atoms with Crippen LogP contribution >= 0.6 is 0 Å². The Bertz CT molecular complexity index is 648. The summed E-state index contributed by atoms with van der Waals surface area (Å²) in [4.78, 5) is -0.0713. The van der Waals surface area contributed by atoms with Gasteiger partial charge in [-0.15, -0.1) is 0 Å². The first-order valence-electron chi connectivity index (χ1n) is 6.42. The minimum absolute atomic E-state index is 0.0495. The number of rotatable bonds is 5. The zero-order chi connectivity index (χ0) is 16.0. The molecule has 0 aliphatic carbocycles. The summed E-state index contributed by atoms with van der Waals surface area (Å²) < 4.78 is 39.3. The number of halogens is 1. The highest BCUT2D eigenvalue weighted by molar-refractivity contribution is 7.89. The molecule has 0 saturated heterocycles. The molecular weight excluding hydrogens is 295 g/mol. The van der Waals surface area contributed by atoms with Gasteiger partial charge in [0.25, 0.3) is 0 Å². The number of hydrogen-bond donors (Lipinski definition) is 2. The molecule has 1 aromatic carbocycles. The Morgan fingerprint density at radius 3 is 2.71 bits per heavy atom. The molecule has 1 atom stereocenters. The van der Waals surface area contributed by atoms with Crippen LogP contribution in [-0.2, 0) is 10.0 Å². The molecule has 5 nitrogen and oxygen atoms in total. The minimum atomic E-state index is -3.80. The van der Waals surface area contributed by atoms with Crippen LogP contribution in [0.5, 0.6) is 0 Å². The Labute approximate surface area is 124 Å². The molecule has 0 amide bonds. The van der Waals surface area contributed by atoms with E-state index in [9.17, 15) is 17.9 Å². The molecule has 0 heterocycles. The van der Waals surface area contributed by atoms with Gasteiger partial charge in [0.05, 0.1) is 17.5 Å². The summed E-state index contributed by atoms with van der Waals surface area (Å²) in [5.74, 6) is 4.52. The number of aliphatic hydroxyl groups excluding tert-OH is 1. The lowest BCUT2D eigenvalue weighted by Crippen LogP contribution is -2.30. The predicted molar refractivity (Wildman–Crippen MR) is 78.4 cm³/mol. The van der Waals surface area contributed by atoms with Gasteiger partial charge >= 0.3 is 0 Å². The largest absolute Gasteiger partial charge is 0.393 e. The lowest BCUT2D eigenvalue weighted by atomic mass is 10.2. The molecule has 3 N–H and O–H groups in total. The number of aliphatic hydroxyl groups is 1. The normalized spacial score (nSPS) is 12.9. The van der Waals surface area contributed by atoms with Crippen LogP contribution in [-0.4, -0.2) is 44.1 Å². The fourth-order valence-corrected chi connectivity index (χ4v) is 2.94. The maximum absolute atomic E-state index is 13.3. The van der Waals surface area contributed by atoms with Crippen molar-refractivity contribution in [3.8, 4) is 11.8 Å². The molecule has 0 spiro atoms. The molecule has 0 fully saturated rings. The van der Waals surface area contributed by atoms with E-state index in [1.54, 1.807) is 6.92 Å². The Hall–Kier alpha value is -1.46. The van der Waals surface area contributed by atoms with Crippen LogP contribution in [0.2, 0.25) is 0 Å². The van der Waals surface area contributed by atoms with Gasteiger partial charge in [0, 0.05) is 19.2 Å². The van der Waals surface area contributed by atoms with Crippen molar-refractivity contribution in [2.75, 3.05) is 20.1 Å². The predicted octanol–water partition coefficient (Wildman–Crippen LogP) is 0.527. The molecule has 0 aliphatic heterocycles. The second kappa shape index (κ2) is 7.52. The van der Waals surface area contributed by atoms with Gasteiger partial charge in [-0.3, -0.25) is 0 Å². The molecule has 116 valence electrons. The molecule has 1 unspecified atom stereocenters. The van der Waals surface area contributed by atoms with Gasteiger partial charge < -0.3 is 10.8 Å². The van der Waals surface area contributed by atoms with Crippen molar-refractivity contribution >= 4 is 10.0 Å². The first-order valence-corrected chi connectivity index (χ1v) is 7.86. The lowest BCUT2D eigenvalue weighted by Gasteiger charge is -2.18. The molecule has 0 aromatic heterocycles. The molecule has 0 aliphatic rings. The third-order valence-electron chi connectivity index (χ3n) is 2.82. The number of nitrogens with zero attached hydrogens (tertiary/aromatic N) is 1. The van der Waals surface area contributed by atoms with Crippen molar-refractivity contribution in [2.45, 2.75) is 24.3 Å². The molecule has 0 radical (unpaired) electrons. The van der Waals surface area contributed by atoms with Crippen LogP contribution < -0.4 is 5.73 Å². The van der Waals surface area contributed by atoms with E-state index in [1.807, 2.05) is 0 Å². The van der Waals surface area contributed by atoms with E-state index in [0.29, 0.717) is 6.42 Å². The Morgan fingerprint density at radius 1 is 1.48 bits per heavy atom. The smallest absolute Gasteiger partial charge is 0.244 e. The fourth-order valence-electron chi connectivity index (χ4n) is 1.63. The summed E-state index contributed by atoms with van der Waals surface area (Å²) in [6.07, 6.45) is -0.298. The monoisotopic (exact) mass is 314 g/mol. The average Bonchev–Trinajstić information content (AvgIpc) is 2.42. The average molecular weight is 314 g/mol. The zero-order valence-electron chi connectivity index (χ0n) is 12.0. The minimum Gasteiger partial charge on any atom is -0.393 e. The lowest BCUT2D eigenvalue weighted by molar-refractivity contribution is 0.177. The van der Waals surface area contributed by atoms with Crippen LogP contribution in [0.25, 0.3) is 0 Å². The van der Waals surface area contributed by atoms with Gasteiger partial charge in [0.2, 0.25) is 10.0 Å². The number of sulfonamides is 1. The molecule has 1 aromatic rings. The van der Waals surface area contributed by atoms with E-state index in [1.165, 1.54) is 13.1 Å². The molecule has 1 rings (SSSR count).